The Labute approximate surface area is 163 Å². The number of rotatable bonds is 4. The number of hydrogen-bond donors (Lipinski definition) is 1. The molecule has 0 aliphatic heterocycles. The molecule has 0 aliphatic carbocycles. The number of hydrogen-bond acceptors (Lipinski definition) is 4. The molecule has 138 valence electrons. The molecule has 28 heavy (non-hydrogen) atoms. The normalized spacial score (nSPS) is 10.8. The van der Waals surface area contributed by atoms with Gasteiger partial charge in [0.05, 0.1) is 17.9 Å². The maximum Gasteiger partial charge on any atom is 0.251 e. The van der Waals surface area contributed by atoms with Crippen LogP contribution >= 0.6 is 0 Å². The van der Waals surface area contributed by atoms with Gasteiger partial charge in [-0.3, -0.25) is 4.79 Å². The minimum Gasteiger partial charge on any atom is -0.368 e. The van der Waals surface area contributed by atoms with Gasteiger partial charge in [0.2, 0.25) is 5.95 Å². The molecule has 0 fully saturated rings. The van der Waals surface area contributed by atoms with Gasteiger partial charge in [0.25, 0.3) is 5.56 Å². The maximum absolute atomic E-state index is 12.6. The minimum absolute atomic E-state index is 0.0876. The molecule has 0 spiro atoms. The first kappa shape index (κ1) is 17.7. The molecule has 0 radical (unpaired) electrons. The van der Waals surface area contributed by atoms with Crippen LogP contribution in [0.25, 0.3) is 22.5 Å². The third-order valence-corrected chi connectivity index (χ3v) is 4.58. The lowest BCUT2D eigenvalue weighted by Gasteiger charge is -2.09. The number of nitrogen functional groups attached to an aromatic ring is 1. The molecule has 0 saturated carbocycles. The number of aromatic nitrogens is 3. The molecule has 2 aromatic carbocycles. The van der Waals surface area contributed by atoms with Crippen molar-refractivity contribution in [1.82, 2.24) is 14.5 Å². The van der Waals surface area contributed by atoms with E-state index in [1.807, 2.05) is 73.7 Å². The van der Waals surface area contributed by atoms with E-state index >= 15 is 0 Å². The standard InChI is InChI=1S/C23H20N4O/c1-16-7-9-18(10-8-16)20-14-21(26-23(24)25-20)19-11-12-27(22(28)13-19)15-17-5-3-2-4-6-17/h2-14H,15H2,1H3,(H2,24,25,26). The zero-order chi connectivity index (χ0) is 19.5. The molecular formula is C23H20N4O. The molecule has 4 rings (SSSR count). The van der Waals surface area contributed by atoms with Crippen LogP contribution in [0, 0.1) is 6.92 Å². The first-order chi connectivity index (χ1) is 13.6. The van der Waals surface area contributed by atoms with E-state index in [9.17, 15) is 4.79 Å². The maximum atomic E-state index is 12.6. The first-order valence-corrected chi connectivity index (χ1v) is 9.05. The van der Waals surface area contributed by atoms with E-state index in [1.165, 1.54) is 5.56 Å². The van der Waals surface area contributed by atoms with Crippen molar-refractivity contribution < 1.29 is 0 Å². The van der Waals surface area contributed by atoms with Crippen molar-refractivity contribution in [3.63, 3.8) is 0 Å². The van der Waals surface area contributed by atoms with Crippen molar-refractivity contribution in [2.24, 2.45) is 0 Å². The lowest BCUT2D eigenvalue weighted by molar-refractivity contribution is 0.760. The largest absolute Gasteiger partial charge is 0.368 e. The van der Waals surface area contributed by atoms with E-state index in [2.05, 4.69) is 9.97 Å². The van der Waals surface area contributed by atoms with Crippen LogP contribution < -0.4 is 11.3 Å². The topological polar surface area (TPSA) is 73.8 Å². The third-order valence-electron chi connectivity index (χ3n) is 4.58. The van der Waals surface area contributed by atoms with E-state index in [4.69, 9.17) is 5.73 Å². The smallest absolute Gasteiger partial charge is 0.251 e. The second-order valence-electron chi connectivity index (χ2n) is 6.73. The third kappa shape index (κ3) is 3.83. The van der Waals surface area contributed by atoms with E-state index in [1.54, 1.807) is 16.8 Å². The summed E-state index contributed by atoms with van der Waals surface area (Å²) < 4.78 is 1.67. The predicted octanol–water partition coefficient (Wildman–Crippen LogP) is 3.91. The van der Waals surface area contributed by atoms with Crippen LogP contribution in [0.1, 0.15) is 11.1 Å². The molecule has 5 nitrogen and oxygen atoms in total. The van der Waals surface area contributed by atoms with Gasteiger partial charge in [-0.05, 0) is 24.6 Å². The van der Waals surface area contributed by atoms with Crippen LogP contribution in [0.3, 0.4) is 0 Å². The highest BCUT2D eigenvalue weighted by atomic mass is 16.1. The second-order valence-corrected chi connectivity index (χ2v) is 6.73. The Morgan fingerprint density at radius 1 is 0.857 bits per heavy atom. The Morgan fingerprint density at radius 2 is 1.54 bits per heavy atom. The highest BCUT2D eigenvalue weighted by Gasteiger charge is 2.09. The highest BCUT2D eigenvalue weighted by molar-refractivity contribution is 5.69. The van der Waals surface area contributed by atoms with Crippen molar-refractivity contribution in [3.8, 4) is 22.5 Å². The SMILES string of the molecule is Cc1ccc(-c2cc(-c3ccn(Cc4ccccc4)c(=O)c3)nc(N)n2)cc1. The zero-order valence-corrected chi connectivity index (χ0v) is 15.5. The second kappa shape index (κ2) is 7.48. The minimum atomic E-state index is -0.0876. The van der Waals surface area contributed by atoms with Gasteiger partial charge in [-0.2, -0.15) is 0 Å². The molecule has 4 aromatic rings. The Bertz CT molecular complexity index is 1170. The van der Waals surface area contributed by atoms with Gasteiger partial charge >= 0.3 is 0 Å². The van der Waals surface area contributed by atoms with Gasteiger partial charge in [-0.25, -0.2) is 9.97 Å². The molecule has 2 aromatic heterocycles. The van der Waals surface area contributed by atoms with E-state index < -0.39 is 0 Å². The number of anilines is 1. The van der Waals surface area contributed by atoms with E-state index in [0.29, 0.717) is 12.2 Å². The fourth-order valence-corrected chi connectivity index (χ4v) is 3.06. The van der Waals surface area contributed by atoms with Crippen LogP contribution in [0.15, 0.2) is 83.8 Å². The molecule has 0 aliphatic rings. The summed E-state index contributed by atoms with van der Waals surface area (Å²) in [7, 11) is 0. The van der Waals surface area contributed by atoms with Gasteiger partial charge in [0.1, 0.15) is 0 Å². The Kier molecular flexibility index (Phi) is 4.72. The summed E-state index contributed by atoms with van der Waals surface area (Å²) in [5.41, 5.74) is 11.1. The van der Waals surface area contributed by atoms with Crippen LogP contribution in [-0.2, 0) is 6.54 Å². The Morgan fingerprint density at radius 3 is 2.21 bits per heavy atom. The van der Waals surface area contributed by atoms with Crippen LogP contribution in [0.4, 0.5) is 5.95 Å². The summed E-state index contributed by atoms with van der Waals surface area (Å²) >= 11 is 0. The fraction of sp³-hybridized carbons (Fsp3) is 0.0870. The van der Waals surface area contributed by atoms with Crippen molar-refractivity contribution in [2.45, 2.75) is 13.5 Å². The first-order valence-electron chi connectivity index (χ1n) is 9.05. The number of pyridine rings is 1. The average Bonchev–Trinajstić information content (AvgIpc) is 2.70. The van der Waals surface area contributed by atoms with Gasteiger partial charge in [-0.1, -0.05) is 60.2 Å². The summed E-state index contributed by atoms with van der Waals surface area (Å²) in [6, 6.07) is 23.3. The van der Waals surface area contributed by atoms with Crippen LogP contribution in [-0.4, -0.2) is 14.5 Å². The highest BCUT2D eigenvalue weighted by Crippen LogP contribution is 2.24. The molecule has 2 heterocycles. The fourth-order valence-electron chi connectivity index (χ4n) is 3.06. The summed E-state index contributed by atoms with van der Waals surface area (Å²) in [4.78, 5) is 21.2. The number of nitrogens with two attached hydrogens (primary N) is 1. The number of aryl methyl sites for hydroxylation is 1. The van der Waals surface area contributed by atoms with Crippen molar-refractivity contribution in [1.29, 1.82) is 0 Å². The monoisotopic (exact) mass is 368 g/mol. The molecule has 0 unspecified atom stereocenters. The Hall–Kier alpha value is -3.73. The van der Waals surface area contributed by atoms with Gasteiger partial charge in [-0.15, -0.1) is 0 Å². The quantitative estimate of drug-likeness (QED) is 0.593. The van der Waals surface area contributed by atoms with Crippen molar-refractivity contribution in [2.75, 3.05) is 5.73 Å². The summed E-state index contributed by atoms with van der Waals surface area (Å²) in [6.07, 6.45) is 1.79. The summed E-state index contributed by atoms with van der Waals surface area (Å²) in [5.74, 6) is 0.182. The van der Waals surface area contributed by atoms with Gasteiger partial charge in [0, 0.05) is 23.4 Å². The molecule has 0 atom stereocenters. The van der Waals surface area contributed by atoms with Crippen molar-refractivity contribution in [3.05, 3.63) is 100 Å². The molecule has 2 N–H and O–H groups in total. The van der Waals surface area contributed by atoms with Crippen LogP contribution in [0.5, 0.6) is 0 Å². The molecule has 0 amide bonds. The summed E-state index contributed by atoms with van der Waals surface area (Å²) in [6.45, 7) is 2.56. The Balaban J connectivity index is 1.68. The number of benzene rings is 2. The van der Waals surface area contributed by atoms with Gasteiger partial charge < -0.3 is 10.3 Å². The molecule has 5 heteroatoms. The molecular weight excluding hydrogens is 348 g/mol. The lowest BCUT2D eigenvalue weighted by atomic mass is 10.1. The van der Waals surface area contributed by atoms with Crippen molar-refractivity contribution >= 4 is 5.95 Å². The molecule has 0 saturated heterocycles. The van der Waals surface area contributed by atoms with E-state index in [0.717, 1.165) is 22.4 Å². The van der Waals surface area contributed by atoms with E-state index in [-0.39, 0.29) is 11.5 Å². The zero-order valence-electron chi connectivity index (χ0n) is 15.5. The van der Waals surface area contributed by atoms with Crippen LogP contribution in [0.2, 0.25) is 0 Å². The average molecular weight is 368 g/mol. The lowest BCUT2D eigenvalue weighted by Crippen LogP contribution is -2.19. The summed E-state index contributed by atoms with van der Waals surface area (Å²) in [5, 5.41) is 0. The number of nitrogens with zero attached hydrogens (tertiary/aromatic N) is 3. The predicted molar refractivity (Wildman–Crippen MR) is 112 cm³/mol. The molecule has 0 bridgehead atoms. The van der Waals surface area contributed by atoms with Gasteiger partial charge in [0.15, 0.2) is 0 Å².